The minimum Gasteiger partial charge on any atom is -0.303 e. The zero-order valence-corrected chi connectivity index (χ0v) is 7.97. The van der Waals surface area contributed by atoms with Gasteiger partial charge in [-0.3, -0.25) is 0 Å². The Morgan fingerprint density at radius 2 is 1.82 bits per heavy atom. The highest BCUT2D eigenvalue weighted by atomic mass is 16.1. The SMILES string of the molecule is CC(C)CCC[C@H](C)CC=O. The van der Waals surface area contributed by atoms with Gasteiger partial charge in [0, 0.05) is 6.42 Å². The van der Waals surface area contributed by atoms with Crippen LogP contribution in [0.3, 0.4) is 0 Å². The van der Waals surface area contributed by atoms with Crippen molar-refractivity contribution in [2.24, 2.45) is 11.8 Å². The van der Waals surface area contributed by atoms with E-state index in [9.17, 15) is 4.79 Å². The molecule has 0 saturated carbocycles. The standard InChI is InChI=1S/C10H20O/c1-9(2)5-4-6-10(3)7-8-11/h8-10H,4-7H2,1-3H3/t10-/m0/s1. The van der Waals surface area contributed by atoms with Gasteiger partial charge in [0.05, 0.1) is 0 Å². The van der Waals surface area contributed by atoms with Crippen LogP contribution < -0.4 is 0 Å². The van der Waals surface area contributed by atoms with E-state index in [2.05, 4.69) is 20.8 Å². The largest absolute Gasteiger partial charge is 0.303 e. The van der Waals surface area contributed by atoms with Gasteiger partial charge in [0.25, 0.3) is 0 Å². The lowest BCUT2D eigenvalue weighted by atomic mass is 9.98. The monoisotopic (exact) mass is 156 g/mol. The molecule has 0 heterocycles. The Bertz CT molecular complexity index is 97.0. The minimum atomic E-state index is 0.589. The van der Waals surface area contributed by atoms with Crippen molar-refractivity contribution in [3.63, 3.8) is 0 Å². The van der Waals surface area contributed by atoms with Crippen LogP contribution in [0.2, 0.25) is 0 Å². The van der Waals surface area contributed by atoms with Crippen molar-refractivity contribution in [2.75, 3.05) is 0 Å². The van der Waals surface area contributed by atoms with Gasteiger partial charge in [-0.2, -0.15) is 0 Å². The molecule has 0 rings (SSSR count). The summed E-state index contributed by atoms with van der Waals surface area (Å²) in [6, 6.07) is 0. The second kappa shape index (κ2) is 6.38. The molecule has 1 atom stereocenters. The molecule has 0 N–H and O–H groups in total. The third-order valence-corrected chi connectivity index (χ3v) is 1.98. The smallest absolute Gasteiger partial charge is 0.120 e. The summed E-state index contributed by atoms with van der Waals surface area (Å²) in [6.45, 7) is 6.63. The van der Waals surface area contributed by atoms with E-state index >= 15 is 0 Å². The lowest BCUT2D eigenvalue weighted by Crippen LogP contribution is -1.96. The van der Waals surface area contributed by atoms with Crippen LogP contribution in [0, 0.1) is 11.8 Å². The summed E-state index contributed by atoms with van der Waals surface area (Å²) in [7, 11) is 0. The molecule has 0 fully saturated rings. The third-order valence-electron chi connectivity index (χ3n) is 1.98. The summed E-state index contributed by atoms with van der Waals surface area (Å²) in [5, 5.41) is 0. The molecule has 0 saturated heterocycles. The number of aldehydes is 1. The Morgan fingerprint density at radius 1 is 1.18 bits per heavy atom. The van der Waals surface area contributed by atoms with Gasteiger partial charge < -0.3 is 4.79 Å². The third kappa shape index (κ3) is 7.57. The molecule has 0 aromatic carbocycles. The van der Waals surface area contributed by atoms with Crippen LogP contribution in [-0.4, -0.2) is 6.29 Å². The highest BCUT2D eigenvalue weighted by molar-refractivity contribution is 5.49. The Balaban J connectivity index is 3.16. The summed E-state index contributed by atoms with van der Waals surface area (Å²) in [6.07, 6.45) is 5.53. The molecule has 0 spiro atoms. The maximum Gasteiger partial charge on any atom is 0.120 e. The molecular formula is C10H20O. The normalized spacial score (nSPS) is 13.5. The van der Waals surface area contributed by atoms with E-state index in [1.54, 1.807) is 0 Å². The van der Waals surface area contributed by atoms with Crippen molar-refractivity contribution < 1.29 is 4.79 Å². The topological polar surface area (TPSA) is 17.1 Å². The van der Waals surface area contributed by atoms with Gasteiger partial charge in [-0.1, -0.05) is 40.0 Å². The van der Waals surface area contributed by atoms with Crippen molar-refractivity contribution in [3.05, 3.63) is 0 Å². The Hall–Kier alpha value is -0.330. The Kier molecular flexibility index (Phi) is 6.19. The van der Waals surface area contributed by atoms with Gasteiger partial charge in [0.2, 0.25) is 0 Å². The maximum atomic E-state index is 10.1. The molecule has 0 unspecified atom stereocenters. The Labute approximate surface area is 70.2 Å². The number of hydrogen-bond donors (Lipinski definition) is 0. The molecule has 11 heavy (non-hydrogen) atoms. The van der Waals surface area contributed by atoms with Crippen LogP contribution >= 0.6 is 0 Å². The fourth-order valence-electron chi connectivity index (χ4n) is 1.16. The lowest BCUT2D eigenvalue weighted by Gasteiger charge is -2.08. The van der Waals surface area contributed by atoms with Crippen LogP contribution in [0.1, 0.15) is 46.5 Å². The van der Waals surface area contributed by atoms with Crippen molar-refractivity contribution in [1.29, 1.82) is 0 Å². The van der Waals surface area contributed by atoms with E-state index in [0.29, 0.717) is 5.92 Å². The van der Waals surface area contributed by atoms with E-state index in [4.69, 9.17) is 0 Å². The van der Waals surface area contributed by atoms with Crippen molar-refractivity contribution in [2.45, 2.75) is 46.5 Å². The first kappa shape index (κ1) is 10.7. The molecule has 0 aromatic heterocycles. The minimum absolute atomic E-state index is 0.589. The van der Waals surface area contributed by atoms with Crippen LogP contribution in [0.25, 0.3) is 0 Å². The molecule has 0 aliphatic rings. The lowest BCUT2D eigenvalue weighted by molar-refractivity contribution is -0.108. The van der Waals surface area contributed by atoms with E-state index in [-0.39, 0.29) is 0 Å². The predicted molar refractivity (Wildman–Crippen MR) is 48.5 cm³/mol. The number of hydrogen-bond acceptors (Lipinski definition) is 1. The van der Waals surface area contributed by atoms with E-state index in [0.717, 1.165) is 18.6 Å². The average molecular weight is 156 g/mol. The summed E-state index contributed by atoms with van der Waals surface area (Å²) in [5.41, 5.74) is 0. The fraction of sp³-hybridized carbons (Fsp3) is 0.900. The number of rotatable bonds is 6. The van der Waals surface area contributed by atoms with Crippen LogP contribution in [0.4, 0.5) is 0 Å². The van der Waals surface area contributed by atoms with Gasteiger partial charge >= 0.3 is 0 Å². The van der Waals surface area contributed by atoms with Crippen molar-refractivity contribution >= 4 is 6.29 Å². The van der Waals surface area contributed by atoms with Gasteiger partial charge in [0.15, 0.2) is 0 Å². The highest BCUT2D eigenvalue weighted by Crippen LogP contribution is 2.13. The van der Waals surface area contributed by atoms with E-state index in [1.165, 1.54) is 19.3 Å². The zero-order valence-electron chi connectivity index (χ0n) is 7.97. The van der Waals surface area contributed by atoms with Crippen LogP contribution in [0.5, 0.6) is 0 Å². The predicted octanol–water partition coefficient (Wildman–Crippen LogP) is 3.04. The van der Waals surface area contributed by atoms with E-state index in [1.807, 2.05) is 0 Å². The molecule has 0 bridgehead atoms. The summed E-state index contributed by atoms with van der Waals surface area (Å²) in [4.78, 5) is 10.1. The molecular weight excluding hydrogens is 136 g/mol. The number of carbonyl (C=O) groups excluding carboxylic acids is 1. The molecule has 0 radical (unpaired) electrons. The Morgan fingerprint density at radius 3 is 2.27 bits per heavy atom. The second-order valence-electron chi connectivity index (χ2n) is 3.83. The first-order valence-electron chi connectivity index (χ1n) is 4.60. The quantitative estimate of drug-likeness (QED) is 0.540. The molecule has 1 nitrogen and oxygen atoms in total. The fourth-order valence-corrected chi connectivity index (χ4v) is 1.16. The molecule has 1 heteroatoms. The molecule has 0 aliphatic carbocycles. The summed E-state index contributed by atoms with van der Waals surface area (Å²) >= 11 is 0. The average Bonchev–Trinajstić information content (AvgIpc) is 1.87. The van der Waals surface area contributed by atoms with Crippen LogP contribution in [-0.2, 0) is 4.79 Å². The molecule has 0 aliphatic heterocycles. The van der Waals surface area contributed by atoms with Crippen LogP contribution in [0.15, 0.2) is 0 Å². The first-order valence-corrected chi connectivity index (χ1v) is 4.60. The van der Waals surface area contributed by atoms with Gasteiger partial charge in [0.1, 0.15) is 6.29 Å². The van der Waals surface area contributed by atoms with Crippen molar-refractivity contribution in [1.82, 2.24) is 0 Å². The molecule has 0 amide bonds. The highest BCUT2D eigenvalue weighted by Gasteiger charge is 2.01. The second-order valence-corrected chi connectivity index (χ2v) is 3.83. The van der Waals surface area contributed by atoms with Gasteiger partial charge in [-0.15, -0.1) is 0 Å². The maximum absolute atomic E-state index is 10.1. The van der Waals surface area contributed by atoms with Crippen molar-refractivity contribution in [3.8, 4) is 0 Å². The molecule has 0 aromatic rings. The van der Waals surface area contributed by atoms with Gasteiger partial charge in [-0.25, -0.2) is 0 Å². The summed E-state index contributed by atoms with van der Waals surface area (Å²) in [5.74, 6) is 1.39. The zero-order chi connectivity index (χ0) is 8.69. The summed E-state index contributed by atoms with van der Waals surface area (Å²) < 4.78 is 0. The van der Waals surface area contributed by atoms with Gasteiger partial charge in [-0.05, 0) is 11.8 Å². The first-order chi connectivity index (χ1) is 5.16. The van der Waals surface area contributed by atoms with E-state index < -0.39 is 0 Å². The molecule has 66 valence electrons. The number of carbonyl (C=O) groups is 1.